The minimum absolute atomic E-state index is 0.0573. The van der Waals surface area contributed by atoms with Gasteiger partial charge in [-0.3, -0.25) is 14.4 Å². The Balaban J connectivity index is 2.88. The van der Waals surface area contributed by atoms with Crippen LogP contribution in [0, 0.1) is 5.92 Å². The molecule has 168 valence electrons. The molecule has 1 aliphatic rings. The highest BCUT2D eigenvalue weighted by Crippen LogP contribution is 2.39. The van der Waals surface area contributed by atoms with Crippen LogP contribution in [-0.4, -0.2) is 41.6 Å². The molecule has 0 aromatic heterocycles. The van der Waals surface area contributed by atoms with Crippen molar-refractivity contribution in [2.24, 2.45) is 5.92 Å². The number of ketones is 1. The molecule has 0 heterocycles. The number of aliphatic hydroxyl groups is 1. The molecule has 3 unspecified atom stereocenters. The average Bonchev–Trinajstić information content (AvgIpc) is 2.91. The Morgan fingerprint density at radius 3 is 2.57 bits per heavy atom. The van der Waals surface area contributed by atoms with Crippen LogP contribution in [0.3, 0.4) is 0 Å². The zero-order valence-electron chi connectivity index (χ0n) is 18.1. The van der Waals surface area contributed by atoms with E-state index in [1.165, 1.54) is 20.1 Å². The van der Waals surface area contributed by atoms with E-state index in [0.717, 1.165) is 25.7 Å². The summed E-state index contributed by atoms with van der Waals surface area (Å²) in [5, 5.41) is 11.1. The van der Waals surface area contributed by atoms with Crippen molar-refractivity contribution < 1.29 is 29.0 Å². The van der Waals surface area contributed by atoms with E-state index in [4.69, 9.17) is 16.3 Å². The molecule has 0 spiro atoms. The summed E-state index contributed by atoms with van der Waals surface area (Å²) < 4.78 is 9.94. The molecule has 1 N–H and O–H groups in total. The molecule has 0 aromatic carbocycles. The third kappa shape index (κ3) is 8.44. The van der Waals surface area contributed by atoms with E-state index >= 15 is 0 Å². The molecule has 0 radical (unpaired) electrons. The molecule has 30 heavy (non-hydrogen) atoms. The molecule has 0 bridgehead atoms. The molecule has 0 aliphatic heterocycles. The molecule has 6 nitrogen and oxygen atoms in total. The summed E-state index contributed by atoms with van der Waals surface area (Å²) in [6.07, 6.45) is 13.3. The maximum absolute atomic E-state index is 12.7. The lowest BCUT2D eigenvalue weighted by molar-refractivity contribution is -0.152. The molecule has 0 saturated heterocycles. The van der Waals surface area contributed by atoms with Crippen LogP contribution in [0.15, 0.2) is 35.4 Å². The number of hydrogen-bond acceptors (Lipinski definition) is 6. The standard InChI is InChI=1S/C23H33ClO6/c1-4-5-6-7-8-12-15-23(28)16-18(24)22(27)21(23)19(30-17(2)25)13-10-9-11-14-20(26)29-3/h8,10,12-13,16,19,21,28H,4-7,9,11,14-15H2,1-3H3. The van der Waals surface area contributed by atoms with Crippen LogP contribution >= 0.6 is 11.6 Å². The van der Waals surface area contributed by atoms with Gasteiger partial charge >= 0.3 is 11.9 Å². The maximum Gasteiger partial charge on any atom is 0.305 e. The lowest BCUT2D eigenvalue weighted by Crippen LogP contribution is -2.44. The number of Topliss-reactive ketones (excluding diaryl/α,β-unsaturated/α-hetero) is 1. The normalized spacial score (nSPS) is 22.5. The fraction of sp³-hybridized carbons (Fsp3) is 0.609. The Hall–Kier alpha value is -1.92. The van der Waals surface area contributed by atoms with Crippen molar-refractivity contribution in [2.75, 3.05) is 7.11 Å². The Labute approximate surface area is 184 Å². The first-order chi connectivity index (χ1) is 14.2. The minimum atomic E-state index is -1.54. The van der Waals surface area contributed by atoms with Crippen LogP contribution in [0.4, 0.5) is 0 Å². The van der Waals surface area contributed by atoms with Gasteiger partial charge in [0.1, 0.15) is 11.7 Å². The van der Waals surface area contributed by atoms with Gasteiger partial charge in [0, 0.05) is 13.3 Å². The van der Waals surface area contributed by atoms with Crippen molar-refractivity contribution in [3.05, 3.63) is 35.4 Å². The molecule has 0 fully saturated rings. The van der Waals surface area contributed by atoms with Crippen LogP contribution in [0.5, 0.6) is 0 Å². The van der Waals surface area contributed by atoms with Gasteiger partial charge in [0.05, 0.1) is 18.1 Å². The lowest BCUT2D eigenvalue weighted by atomic mass is 9.82. The first kappa shape index (κ1) is 26.1. The molecule has 1 rings (SSSR count). The Morgan fingerprint density at radius 2 is 1.93 bits per heavy atom. The molecule has 0 amide bonds. The van der Waals surface area contributed by atoms with Gasteiger partial charge in [-0.2, -0.15) is 0 Å². The summed E-state index contributed by atoms with van der Waals surface area (Å²) in [5.74, 6) is -2.34. The van der Waals surface area contributed by atoms with E-state index in [-0.39, 0.29) is 23.8 Å². The lowest BCUT2D eigenvalue weighted by Gasteiger charge is -2.31. The average molecular weight is 441 g/mol. The second-order valence-corrected chi connectivity index (χ2v) is 7.87. The number of allylic oxidation sites excluding steroid dienone is 3. The van der Waals surface area contributed by atoms with E-state index in [0.29, 0.717) is 12.8 Å². The highest BCUT2D eigenvalue weighted by molar-refractivity contribution is 6.44. The quantitative estimate of drug-likeness (QED) is 0.259. The van der Waals surface area contributed by atoms with Crippen LogP contribution in [0.25, 0.3) is 0 Å². The largest absolute Gasteiger partial charge is 0.469 e. The number of hydrogen-bond donors (Lipinski definition) is 1. The number of rotatable bonds is 13. The molecule has 7 heteroatoms. The van der Waals surface area contributed by atoms with E-state index < -0.39 is 29.4 Å². The van der Waals surface area contributed by atoms with Crippen LogP contribution < -0.4 is 0 Å². The minimum Gasteiger partial charge on any atom is -0.469 e. The number of ether oxygens (including phenoxy) is 2. The molecule has 0 saturated carbocycles. The summed E-state index contributed by atoms with van der Waals surface area (Å²) in [7, 11) is 1.33. The van der Waals surface area contributed by atoms with Crippen LogP contribution in [0.1, 0.15) is 65.2 Å². The monoisotopic (exact) mass is 440 g/mol. The number of carbonyl (C=O) groups is 3. The summed E-state index contributed by atoms with van der Waals surface area (Å²) >= 11 is 6.05. The summed E-state index contributed by atoms with van der Waals surface area (Å²) in [4.78, 5) is 35.5. The number of halogens is 1. The first-order valence-electron chi connectivity index (χ1n) is 10.5. The van der Waals surface area contributed by atoms with E-state index in [1.807, 2.05) is 12.2 Å². The van der Waals surface area contributed by atoms with Gasteiger partial charge in [0.25, 0.3) is 0 Å². The van der Waals surface area contributed by atoms with Gasteiger partial charge < -0.3 is 14.6 Å². The van der Waals surface area contributed by atoms with Crippen molar-refractivity contribution in [1.29, 1.82) is 0 Å². The Bertz CT molecular complexity index is 681. The van der Waals surface area contributed by atoms with Crippen LogP contribution in [-0.2, 0) is 23.9 Å². The van der Waals surface area contributed by atoms with Gasteiger partial charge in [-0.1, -0.05) is 49.6 Å². The highest BCUT2D eigenvalue weighted by atomic mass is 35.5. The number of esters is 2. The highest BCUT2D eigenvalue weighted by Gasteiger charge is 2.50. The molecule has 3 atom stereocenters. The topological polar surface area (TPSA) is 89.9 Å². The molecule has 0 aromatic rings. The molecule has 1 aliphatic carbocycles. The number of carbonyl (C=O) groups excluding carboxylic acids is 3. The van der Waals surface area contributed by atoms with Crippen molar-refractivity contribution in [1.82, 2.24) is 0 Å². The smallest absolute Gasteiger partial charge is 0.305 e. The second kappa shape index (κ2) is 13.4. The van der Waals surface area contributed by atoms with Gasteiger partial charge in [-0.15, -0.1) is 0 Å². The van der Waals surface area contributed by atoms with Gasteiger partial charge in [-0.05, 0) is 44.3 Å². The molecular formula is C23H33ClO6. The van der Waals surface area contributed by atoms with E-state index in [1.54, 1.807) is 12.2 Å². The van der Waals surface area contributed by atoms with Crippen molar-refractivity contribution in [3.63, 3.8) is 0 Å². The predicted molar refractivity (Wildman–Crippen MR) is 116 cm³/mol. The fourth-order valence-corrected chi connectivity index (χ4v) is 3.69. The summed E-state index contributed by atoms with van der Waals surface area (Å²) in [6.45, 7) is 3.38. The Kier molecular flexibility index (Phi) is 11.7. The number of methoxy groups -OCH3 is 1. The number of unbranched alkanes of at least 4 members (excludes halogenated alkanes) is 4. The SMILES string of the molecule is CCCCCC=CCC1(O)C=C(Cl)C(=O)C1C(C=CCCCC(=O)OC)OC(C)=O. The van der Waals surface area contributed by atoms with Crippen LogP contribution in [0.2, 0.25) is 0 Å². The summed E-state index contributed by atoms with van der Waals surface area (Å²) in [5.41, 5.74) is -1.54. The zero-order chi connectivity index (χ0) is 22.6. The predicted octanol–water partition coefficient (Wildman–Crippen LogP) is 4.40. The van der Waals surface area contributed by atoms with E-state index in [2.05, 4.69) is 11.7 Å². The van der Waals surface area contributed by atoms with Gasteiger partial charge in [0.15, 0.2) is 5.78 Å². The van der Waals surface area contributed by atoms with Gasteiger partial charge in [-0.25, -0.2) is 0 Å². The maximum atomic E-state index is 12.7. The van der Waals surface area contributed by atoms with Crippen molar-refractivity contribution in [3.8, 4) is 0 Å². The van der Waals surface area contributed by atoms with Crippen molar-refractivity contribution in [2.45, 2.75) is 76.9 Å². The third-order valence-corrected chi connectivity index (χ3v) is 5.25. The molecular weight excluding hydrogens is 408 g/mol. The van der Waals surface area contributed by atoms with Crippen molar-refractivity contribution >= 4 is 29.3 Å². The van der Waals surface area contributed by atoms with E-state index in [9.17, 15) is 19.5 Å². The summed E-state index contributed by atoms with van der Waals surface area (Å²) in [6, 6.07) is 0. The zero-order valence-corrected chi connectivity index (χ0v) is 18.8. The Morgan fingerprint density at radius 1 is 1.23 bits per heavy atom. The van der Waals surface area contributed by atoms with Gasteiger partial charge in [0.2, 0.25) is 0 Å². The first-order valence-corrected chi connectivity index (χ1v) is 10.8. The second-order valence-electron chi connectivity index (χ2n) is 7.47. The fourth-order valence-electron chi connectivity index (χ4n) is 3.38. The third-order valence-electron chi connectivity index (χ3n) is 4.95.